The van der Waals surface area contributed by atoms with E-state index in [9.17, 15) is 4.39 Å². The van der Waals surface area contributed by atoms with Gasteiger partial charge in [0.25, 0.3) is 0 Å². The van der Waals surface area contributed by atoms with Crippen molar-refractivity contribution in [2.24, 2.45) is 0 Å². The van der Waals surface area contributed by atoms with Gasteiger partial charge in [0.2, 0.25) is 0 Å². The van der Waals surface area contributed by atoms with E-state index in [1.54, 1.807) is 30.3 Å². The maximum absolute atomic E-state index is 13.5. The van der Waals surface area contributed by atoms with Crippen LogP contribution in [0.25, 0.3) is 0 Å². The zero-order chi connectivity index (χ0) is 11.4. The molecule has 0 amide bonds. The number of benzene rings is 1. The third-order valence-corrected chi connectivity index (χ3v) is 2.23. The molecule has 0 aliphatic heterocycles. The van der Waals surface area contributed by atoms with E-state index < -0.39 is 11.7 Å². The second kappa shape index (κ2) is 4.49. The van der Waals surface area contributed by atoms with E-state index in [1.807, 2.05) is 6.07 Å². The van der Waals surface area contributed by atoms with Crippen LogP contribution in [0.3, 0.4) is 0 Å². The summed E-state index contributed by atoms with van der Waals surface area (Å²) in [5, 5.41) is 16.6. The molecule has 16 heavy (non-hydrogen) atoms. The Bertz CT molecular complexity index is 519. The van der Waals surface area contributed by atoms with E-state index in [1.165, 1.54) is 12.3 Å². The molecule has 0 N–H and O–H groups in total. The highest BCUT2D eigenvalue weighted by molar-refractivity contribution is 5.34. The fourth-order valence-electron chi connectivity index (χ4n) is 1.47. The van der Waals surface area contributed by atoms with E-state index in [0.717, 1.165) is 0 Å². The van der Waals surface area contributed by atoms with E-state index in [-0.39, 0.29) is 0 Å². The smallest absolute Gasteiger partial charge is 0.128 e. The second-order valence-corrected chi connectivity index (χ2v) is 3.23. The van der Waals surface area contributed by atoms with Crippen LogP contribution in [0.4, 0.5) is 4.39 Å². The molecule has 1 aromatic carbocycles. The van der Waals surface area contributed by atoms with Crippen LogP contribution in [0.15, 0.2) is 42.6 Å². The van der Waals surface area contributed by atoms with Crippen molar-refractivity contribution in [2.75, 3.05) is 0 Å². The van der Waals surface area contributed by atoms with Gasteiger partial charge in [-0.15, -0.1) is 0 Å². The molecule has 0 fully saturated rings. The van der Waals surface area contributed by atoms with Crippen LogP contribution >= 0.6 is 0 Å². The highest BCUT2D eigenvalue weighted by Crippen LogP contribution is 2.23. The highest BCUT2D eigenvalue weighted by atomic mass is 19.1. The summed E-state index contributed by atoms with van der Waals surface area (Å²) >= 11 is 0. The average molecular weight is 213 g/mol. The lowest BCUT2D eigenvalue weighted by Crippen LogP contribution is -2.04. The third-order valence-electron chi connectivity index (χ3n) is 2.23. The van der Waals surface area contributed by atoms with Crippen molar-refractivity contribution < 1.29 is 4.39 Å². The predicted octanol–water partition coefficient (Wildman–Crippen LogP) is 2.27. The Morgan fingerprint density at radius 2 is 2.00 bits per heavy atom. The standard InChI is InChI=1S/C12H8FN3/c13-11-5-2-1-4-9(11)10(8-14)12-6-3-7-15-16-12/h1-7,10H. The van der Waals surface area contributed by atoms with Gasteiger partial charge in [0.15, 0.2) is 0 Å². The van der Waals surface area contributed by atoms with E-state index >= 15 is 0 Å². The summed E-state index contributed by atoms with van der Waals surface area (Å²) in [6.45, 7) is 0. The maximum atomic E-state index is 13.5. The quantitative estimate of drug-likeness (QED) is 0.768. The molecule has 0 radical (unpaired) electrons. The molecule has 1 unspecified atom stereocenters. The first-order valence-corrected chi connectivity index (χ1v) is 4.74. The van der Waals surface area contributed by atoms with E-state index in [0.29, 0.717) is 11.3 Å². The van der Waals surface area contributed by atoms with Crippen molar-refractivity contribution in [1.29, 1.82) is 5.26 Å². The van der Waals surface area contributed by atoms with Gasteiger partial charge in [-0.25, -0.2) is 4.39 Å². The molecule has 2 aromatic rings. The number of hydrogen-bond acceptors (Lipinski definition) is 3. The van der Waals surface area contributed by atoms with Crippen molar-refractivity contribution in [3.05, 3.63) is 59.7 Å². The topological polar surface area (TPSA) is 49.6 Å². The van der Waals surface area contributed by atoms with Crippen molar-refractivity contribution >= 4 is 0 Å². The third kappa shape index (κ3) is 1.89. The normalized spacial score (nSPS) is 11.8. The molecule has 1 atom stereocenters. The Morgan fingerprint density at radius 3 is 2.62 bits per heavy atom. The Balaban J connectivity index is 2.47. The predicted molar refractivity (Wildman–Crippen MR) is 55.9 cm³/mol. The molecule has 0 saturated carbocycles. The first-order chi connectivity index (χ1) is 7.83. The van der Waals surface area contributed by atoms with Crippen molar-refractivity contribution in [3.63, 3.8) is 0 Å². The fourth-order valence-corrected chi connectivity index (χ4v) is 1.47. The van der Waals surface area contributed by atoms with Crippen molar-refractivity contribution in [1.82, 2.24) is 10.2 Å². The number of aromatic nitrogens is 2. The summed E-state index contributed by atoms with van der Waals surface area (Å²) in [6.07, 6.45) is 1.51. The van der Waals surface area contributed by atoms with Gasteiger partial charge in [0.05, 0.1) is 11.8 Å². The first-order valence-electron chi connectivity index (χ1n) is 4.74. The second-order valence-electron chi connectivity index (χ2n) is 3.23. The van der Waals surface area contributed by atoms with E-state index in [2.05, 4.69) is 10.2 Å². The summed E-state index contributed by atoms with van der Waals surface area (Å²) in [5.41, 5.74) is 0.778. The number of nitriles is 1. The first kappa shape index (κ1) is 10.2. The molecule has 1 aromatic heterocycles. The van der Waals surface area contributed by atoms with Gasteiger partial charge in [-0.3, -0.25) is 0 Å². The summed E-state index contributed by atoms with van der Waals surface area (Å²) in [4.78, 5) is 0. The highest BCUT2D eigenvalue weighted by Gasteiger charge is 2.18. The van der Waals surface area contributed by atoms with Gasteiger partial charge < -0.3 is 0 Å². The molecule has 3 nitrogen and oxygen atoms in total. The molecule has 0 aliphatic carbocycles. The fraction of sp³-hybridized carbons (Fsp3) is 0.0833. The molecule has 4 heteroatoms. The summed E-state index contributed by atoms with van der Waals surface area (Å²) in [6, 6.07) is 11.6. The molecule has 1 heterocycles. The minimum absolute atomic E-state index is 0.325. The van der Waals surface area contributed by atoms with Crippen LogP contribution in [0.2, 0.25) is 0 Å². The largest absolute Gasteiger partial charge is 0.207 e. The van der Waals surface area contributed by atoms with Crippen LogP contribution in [0.1, 0.15) is 17.2 Å². The molecular weight excluding hydrogens is 205 g/mol. The minimum Gasteiger partial charge on any atom is -0.207 e. The molecule has 0 bridgehead atoms. The van der Waals surface area contributed by atoms with Crippen LogP contribution in [-0.4, -0.2) is 10.2 Å². The van der Waals surface area contributed by atoms with Gasteiger partial charge in [-0.05, 0) is 18.2 Å². The van der Waals surface area contributed by atoms with Gasteiger partial charge in [-0.1, -0.05) is 18.2 Å². The van der Waals surface area contributed by atoms with Crippen LogP contribution in [-0.2, 0) is 0 Å². The monoisotopic (exact) mass is 213 g/mol. The molecule has 78 valence electrons. The minimum atomic E-state index is -0.713. The number of nitrogens with zero attached hydrogens (tertiary/aromatic N) is 3. The molecule has 0 saturated heterocycles. The lowest BCUT2D eigenvalue weighted by atomic mass is 9.96. The van der Waals surface area contributed by atoms with Crippen LogP contribution in [0, 0.1) is 17.1 Å². The van der Waals surface area contributed by atoms with Crippen LogP contribution < -0.4 is 0 Å². The zero-order valence-corrected chi connectivity index (χ0v) is 8.34. The Morgan fingerprint density at radius 1 is 1.19 bits per heavy atom. The SMILES string of the molecule is N#CC(c1cccnn1)c1ccccc1F. The number of rotatable bonds is 2. The Kier molecular flexibility index (Phi) is 2.88. The van der Waals surface area contributed by atoms with Gasteiger partial charge in [0, 0.05) is 11.8 Å². The van der Waals surface area contributed by atoms with Crippen LogP contribution in [0.5, 0.6) is 0 Å². The van der Waals surface area contributed by atoms with Gasteiger partial charge >= 0.3 is 0 Å². The molecular formula is C12H8FN3. The van der Waals surface area contributed by atoms with E-state index in [4.69, 9.17) is 5.26 Å². The summed E-state index contributed by atoms with van der Waals surface area (Å²) in [5.74, 6) is -1.12. The van der Waals surface area contributed by atoms with Crippen molar-refractivity contribution in [2.45, 2.75) is 5.92 Å². The summed E-state index contributed by atoms with van der Waals surface area (Å²) < 4.78 is 13.5. The van der Waals surface area contributed by atoms with Gasteiger partial charge in [0.1, 0.15) is 11.7 Å². The Labute approximate surface area is 92.2 Å². The average Bonchev–Trinajstić information content (AvgIpc) is 2.34. The number of halogens is 1. The zero-order valence-electron chi connectivity index (χ0n) is 8.34. The molecule has 0 spiro atoms. The maximum Gasteiger partial charge on any atom is 0.128 e. The Hall–Kier alpha value is -2.28. The van der Waals surface area contributed by atoms with Crippen molar-refractivity contribution in [3.8, 4) is 6.07 Å². The number of hydrogen-bond donors (Lipinski definition) is 0. The lowest BCUT2D eigenvalue weighted by molar-refractivity contribution is 0.607. The van der Waals surface area contributed by atoms with Gasteiger partial charge in [-0.2, -0.15) is 15.5 Å². The summed E-state index contributed by atoms with van der Waals surface area (Å²) in [7, 11) is 0. The molecule has 2 rings (SSSR count). The lowest BCUT2D eigenvalue weighted by Gasteiger charge is -2.08. The molecule has 0 aliphatic rings.